The fourth-order valence-corrected chi connectivity index (χ4v) is 4.94. The highest BCUT2D eigenvalue weighted by Crippen LogP contribution is 2.48. The summed E-state index contributed by atoms with van der Waals surface area (Å²) in [6.07, 6.45) is 5.01. The van der Waals surface area contributed by atoms with Crippen LogP contribution in [0.25, 0.3) is 0 Å². The van der Waals surface area contributed by atoms with Crippen molar-refractivity contribution in [2.75, 3.05) is 11.9 Å². The van der Waals surface area contributed by atoms with E-state index in [1.807, 2.05) is 0 Å². The molecule has 2 saturated carbocycles. The third kappa shape index (κ3) is 3.33. The predicted octanol–water partition coefficient (Wildman–Crippen LogP) is 2.36. The zero-order valence-corrected chi connectivity index (χ0v) is 13.5. The van der Waals surface area contributed by atoms with E-state index in [9.17, 15) is 13.2 Å². The highest BCUT2D eigenvalue weighted by atomic mass is 32.2. The minimum absolute atomic E-state index is 0.176. The first-order chi connectivity index (χ1) is 10.4. The van der Waals surface area contributed by atoms with E-state index in [0.29, 0.717) is 24.1 Å². The van der Waals surface area contributed by atoms with Crippen LogP contribution in [0, 0.1) is 17.8 Å². The van der Waals surface area contributed by atoms with Crippen molar-refractivity contribution in [1.82, 2.24) is 4.72 Å². The molecule has 22 heavy (non-hydrogen) atoms. The highest BCUT2D eigenvalue weighted by Gasteiger charge is 2.39. The molecule has 5 nitrogen and oxygen atoms in total. The van der Waals surface area contributed by atoms with E-state index < -0.39 is 10.0 Å². The Morgan fingerprint density at radius 1 is 1.18 bits per heavy atom. The topological polar surface area (TPSA) is 75.3 Å². The molecule has 1 aromatic carbocycles. The minimum Gasteiger partial charge on any atom is -0.326 e. The standard InChI is InChI=1S/C16H22N2O3S/c1-11(19)18-15-4-6-16(7-5-15)22(20,21)17-10-14-9-12-2-3-13(14)8-12/h4-7,12-14,17H,2-3,8-10H2,1H3,(H,18,19)/t12-,13+,14-/m1/s1. The van der Waals surface area contributed by atoms with Crippen molar-refractivity contribution in [2.24, 2.45) is 17.8 Å². The molecule has 2 aliphatic rings. The summed E-state index contributed by atoms with van der Waals surface area (Å²) >= 11 is 0. The molecule has 2 N–H and O–H groups in total. The Kier molecular flexibility index (Phi) is 4.23. The maximum atomic E-state index is 12.3. The summed E-state index contributed by atoms with van der Waals surface area (Å²) in [5, 5.41) is 2.62. The molecule has 2 bridgehead atoms. The lowest BCUT2D eigenvalue weighted by atomic mass is 9.89. The molecular formula is C16H22N2O3S. The van der Waals surface area contributed by atoms with Crippen molar-refractivity contribution in [3.8, 4) is 0 Å². The molecule has 1 amide bonds. The predicted molar refractivity (Wildman–Crippen MR) is 84.9 cm³/mol. The van der Waals surface area contributed by atoms with E-state index >= 15 is 0 Å². The minimum atomic E-state index is -3.47. The number of hydrogen-bond acceptors (Lipinski definition) is 3. The monoisotopic (exact) mass is 322 g/mol. The van der Waals surface area contributed by atoms with Gasteiger partial charge < -0.3 is 5.32 Å². The van der Waals surface area contributed by atoms with E-state index in [1.165, 1.54) is 38.3 Å². The van der Waals surface area contributed by atoms with Gasteiger partial charge in [0.1, 0.15) is 0 Å². The molecule has 0 unspecified atom stereocenters. The molecule has 120 valence electrons. The van der Waals surface area contributed by atoms with Crippen LogP contribution >= 0.6 is 0 Å². The van der Waals surface area contributed by atoms with Gasteiger partial charge in [0, 0.05) is 19.2 Å². The number of nitrogens with one attached hydrogen (secondary N) is 2. The molecule has 0 heterocycles. The maximum absolute atomic E-state index is 12.3. The first-order valence-electron chi connectivity index (χ1n) is 7.81. The normalized spacial score (nSPS) is 27.0. The van der Waals surface area contributed by atoms with Crippen LogP contribution in [0.1, 0.15) is 32.6 Å². The van der Waals surface area contributed by atoms with E-state index in [2.05, 4.69) is 10.0 Å². The number of carbonyl (C=O) groups excluding carboxylic acids is 1. The lowest BCUT2D eigenvalue weighted by Gasteiger charge is -2.21. The largest absolute Gasteiger partial charge is 0.326 e. The number of fused-ring (bicyclic) bond motifs is 2. The van der Waals surface area contributed by atoms with Gasteiger partial charge in [-0.05, 0) is 61.3 Å². The van der Waals surface area contributed by atoms with Gasteiger partial charge in [0.05, 0.1) is 4.90 Å². The van der Waals surface area contributed by atoms with Crippen molar-refractivity contribution in [3.05, 3.63) is 24.3 Å². The summed E-state index contributed by atoms with van der Waals surface area (Å²) < 4.78 is 27.4. The zero-order chi connectivity index (χ0) is 15.7. The molecular weight excluding hydrogens is 300 g/mol. The van der Waals surface area contributed by atoms with Gasteiger partial charge in [0.2, 0.25) is 15.9 Å². The van der Waals surface area contributed by atoms with Crippen LogP contribution in [0.4, 0.5) is 5.69 Å². The Labute approximate surface area is 131 Å². The van der Waals surface area contributed by atoms with Crippen molar-refractivity contribution in [3.63, 3.8) is 0 Å². The first-order valence-corrected chi connectivity index (χ1v) is 9.29. The summed E-state index contributed by atoms with van der Waals surface area (Å²) in [7, 11) is -3.47. The third-order valence-electron chi connectivity index (χ3n) is 4.91. The molecule has 3 rings (SSSR count). The number of carbonyl (C=O) groups is 1. The number of amides is 1. The van der Waals surface area contributed by atoms with Crippen LogP contribution < -0.4 is 10.0 Å². The highest BCUT2D eigenvalue weighted by molar-refractivity contribution is 7.89. The second-order valence-electron chi connectivity index (χ2n) is 6.49. The Bertz CT molecular complexity index is 654. The average molecular weight is 322 g/mol. The quantitative estimate of drug-likeness (QED) is 0.874. The Morgan fingerprint density at radius 2 is 1.91 bits per heavy atom. The Morgan fingerprint density at radius 3 is 2.45 bits per heavy atom. The van der Waals surface area contributed by atoms with E-state index in [-0.39, 0.29) is 10.8 Å². The molecule has 2 fully saturated rings. The van der Waals surface area contributed by atoms with Gasteiger partial charge in [-0.25, -0.2) is 13.1 Å². The summed E-state index contributed by atoms with van der Waals surface area (Å²) in [6.45, 7) is 1.96. The second kappa shape index (κ2) is 6.01. The third-order valence-corrected chi connectivity index (χ3v) is 6.34. The Hall–Kier alpha value is -1.40. The van der Waals surface area contributed by atoms with Crippen molar-refractivity contribution in [2.45, 2.75) is 37.5 Å². The number of sulfonamides is 1. The summed E-state index contributed by atoms with van der Waals surface area (Å²) in [5.74, 6) is 1.84. The van der Waals surface area contributed by atoms with E-state index in [0.717, 1.165) is 12.3 Å². The summed E-state index contributed by atoms with van der Waals surface area (Å²) in [4.78, 5) is 11.2. The Balaban J connectivity index is 1.61. The summed E-state index contributed by atoms with van der Waals surface area (Å²) in [5.41, 5.74) is 0.597. The van der Waals surface area contributed by atoms with Crippen LogP contribution in [-0.4, -0.2) is 20.9 Å². The fraction of sp³-hybridized carbons (Fsp3) is 0.562. The van der Waals surface area contributed by atoms with E-state index in [4.69, 9.17) is 0 Å². The fourth-order valence-electron chi connectivity index (χ4n) is 3.85. The average Bonchev–Trinajstić information content (AvgIpc) is 3.08. The molecule has 2 aliphatic carbocycles. The number of anilines is 1. The first kappa shape index (κ1) is 15.5. The number of benzene rings is 1. The SMILES string of the molecule is CC(=O)Nc1ccc(S(=O)(=O)NC[C@H]2C[C@@H]3CC[C@H]2C3)cc1. The molecule has 1 aromatic rings. The van der Waals surface area contributed by atoms with Crippen LogP contribution in [0.3, 0.4) is 0 Å². The lowest BCUT2D eigenvalue weighted by Crippen LogP contribution is -2.31. The van der Waals surface area contributed by atoms with Gasteiger partial charge >= 0.3 is 0 Å². The second-order valence-corrected chi connectivity index (χ2v) is 8.26. The molecule has 0 aliphatic heterocycles. The number of rotatable bonds is 5. The van der Waals surface area contributed by atoms with Gasteiger partial charge in [0.15, 0.2) is 0 Å². The van der Waals surface area contributed by atoms with Gasteiger partial charge in [-0.15, -0.1) is 0 Å². The van der Waals surface area contributed by atoms with Crippen LogP contribution in [0.15, 0.2) is 29.2 Å². The van der Waals surface area contributed by atoms with Crippen molar-refractivity contribution < 1.29 is 13.2 Å². The number of hydrogen-bond donors (Lipinski definition) is 2. The van der Waals surface area contributed by atoms with Crippen molar-refractivity contribution >= 4 is 21.6 Å². The van der Waals surface area contributed by atoms with Crippen LogP contribution in [0.2, 0.25) is 0 Å². The maximum Gasteiger partial charge on any atom is 0.240 e. The zero-order valence-electron chi connectivity index (χ0n) is 12.7. The molecule has 0 spiro atoms. The van der Waals surface area contributed by atoms with Crippen LogP contribution in [0.5, 0.6) is 0 Å². The van der Waals surface area contributed by atoms with Crippen LogP contribution in [-0.2, 0) is 14.8 Å². The van der Waals surface area contributed by atoms with Gasteiger partial charge in [0.25, 0.3) is 0 Å². The molecule has 0 radical (unpaired) electrons. The summed E-state index contributed by atoms with van der Waals surface area (Å²) in [6, 6.07) is 6.25. The lowest BCUT2D eigenvalue weighted by molar-refractivity contribution is -0.114. The molecule has 0 saturated heterocycles. The van der Waals surface area contributed by atoms with Gasteiger partial charge in [-0.1, -0.05) is 6.42 Å². The van der Waals surface area contributed by atoms with E-state index in [1.54, 1.807) is 12.1 Å². The molecule has 6 heteroatoms. The smallest absolute Gasteiger partial charge is 0.240 e. The van der Waals surface area contributed by atoms with Gasteiger partial charge in [-0.3, -0.25) is 4.79 Å². The molecule has 3 atom stereocenters. The van der Waals surface area contributed by atoms with Crippen molar-refractivity contribution in [1.29, 1.82) is 0 Å². The van der Waals surface area contributed by atoms with Gasteiger partial charge in [-0.2, -0.15) is 0 Å². The molecule has 0 aromatic heterocycles.